The quantitative estimate of drug-likeness (QED) is 0.922. The van der Waals surface area contributed by atoms with Gasteiger partial charge in [0.15, 0.2) is 0 Å². The van der Waals surface area contributed by atoms with Gasteiger partial charge in [0.25, 0.3) is 0 Å². The highest BCUT2D eigenvalue weighted by Crippen LogP contribution is 2.25. The van der Waals surface area contributed by atoms with Crippen LogP contribution in [0.4, 0.5) is 0 Å². The lowest BCUT2D eigenvalue weighted by Gasteiger charge is -2.38. The van der Waals surface area contributed by atoms with Gasteiger partial charge < -0.3 is 5.32 Å². The summed E-state index contributed by atoms with van der Waals surface area (Å²) in [6.45, 7) is 7.69. The summed E-state index contributed by atoms with van der Waals surface area (Å²) < 4.78 is 0. The Labute approximate surface area is 127 Å². The van der Waals surface area contributed by atoms with Crippen LogP contribution in [-0.2, 0) is 0 Å². The molecule has 2 nitrogen and oxygen atoms in total. The summed E-state index contributed by atoms with van der Waals surface area (Å²) in [5.74, 6) is 0. The molecule has 2 unspecified atom stereocenters. The van der Waals surface area contributed by atoms with Gasteiger partial charge in [0.05, 0.1) is 0 Å². The molecule has 1 fully saturated rings. The molecule has 2 atom stereocenters. The molecule has 1 aliphatic rings. The monoisotopic (exact) mass is 280 g/mol. The molecule has 0 saturated carbocycles. The first kappa shape index (κ1) is 14.3. The van der Waals surface area contributed by atoms with Crippen molar-refractivity contribution in [3.8, 4) is 0 Å². The summed E-state index contributed by atoms with van der Waals surface area (Å²) in [7, 11) is 0. The van der Waals surface area contributed by atoms with Crippen LogP contribution in [0.3, 0.4) is 0 Å². The molecule has 0 aliphatic carbocycles. The minimum atomic E-state index is 0.438. The third-order valence-electron chi connectivity index (χ3n) is 4.52. The van der Waals surface area contributed by atoms with E-state index >= 15 is 0 Å². The minimum Gasteiger partial charge on any atom is -0.308 e. The zero-order valence-electron chi connectivity index (χ0n) is 12.9. The van der Waals surface area contributed by atoms with Crippen molar-refractivity contribution in [2.24, 2.45) is 0 Å². The number of nitrogens with zero attached hydrogens (tertiary/aromatic N) is 1. The molecule has 0 amide bonds. The Morgan fingerprint density at radius 1 is 1.05 bits per heavy atom. The molecular formula is C19H24N2. The maximum Gasteiger partial charge on any atom is 0.0449 e. The molecule has 21 heavy (non-hydrogen) atoms. The van der Waals surface area contributed by atoms with Crippen LogP contribution >= 0.6 is 0 Å². The number of nitrogens with one attached hydrogen (secondary N) is 1. The Kier molecular flexibility index (Phi) is 4.37. The number of piperazine rings is 1. The van der Waals surface area contributed by atoms with E-state index in [2.05, 4.69) is 78.7 Å². The predicted octanol–water partition coefficient (Wildman–Crippen LogP) is 3.70. The van der Waals surface area contributed by atoms with E-state index in [0.717, 1.165) is 19.6 Å². The van der Waals surface area contributed by atoms with Crippen molar-refractivity contribution >= 4 is 0 Å². The molecule has 0 spiro atoms. The SMILES string of the molecule is Cc1ccc(C(C)N2CCNC(c3ccccc3)C2)cc1. The number of aryl methyl sites for hydroxylation is 1. The average molecular weight is 280 g/mol. The van der Waals surface area contributed by atoms with Gasteiger partial charge in [-0.15, -0.1) is 0 Å². The summed E-state index contributed by atoms with van der Waals surface area (Å²) in [6, 6.07) is 20.6. The standard InChI is InChI=1S/C19H24N2/c1-15-8-10-17(11-9-15)16(2)21-13-12-20-19(14-21)18-6-4-3-5-7-18/h3-11,16,19-20H,12-14H2,1-2H3. The highest BCUT2D eigenvalue weighted by molar-refractivity contribution is 5.25. The summed E-state index contributed by atoms with van der Waals surface area (Å²) in [5.41, 5.74) is 4.13. The van der Waals surface area contributed by atoms with Gasteiger partial charge in [-0.05, 0) is 25.0 Å². The fraction of sp³-hybridized carbons (Fsp3) is 0.368. The molecule has 3 rings (SSSR count). The van der Waals surface area contributed by atoms with E-state index in [4.69, 9.17) is 0 Å². The average Bonchev–Trinajstić information content (AvgIpc) is 2.56. The van der Waals surface area contributed by atoms with Crippen molar-refractivity contribution in [3.05, 3.63) is 71.3 Å². The van der Waals surface area contributed by atoms with Crippen LogP contribution in [0.2, 0.25) is 0 Å². The summed E-state index contributed by atoms with van der Waals surface area (Å²) in [5, 5.41) is 3.64. The minimum absolute atomic E-state index is 0.438. The van der Waals surface area contributed by atoms with Gasteiger partial charge in [-0.1, -0.05) is 60.2 Å². The Morgan fingerprint density at radius 3 is 2.48 bits per heavy atom. The number of rotatable bonds is 3. The fourth-order valence-electron chi connectivity index (χ4n) is 3.09. The Balaban J connectivity index is 1.72. The Hall–Kier alpha value is -1.64. The van der Waals surface area contributed by atoms with Gasteiger partial charge in [-0.3, -0.25) is 4.90 Å². The first-order valence-electron chi connectivity index (χ1n) is 7.83. The van der Waals surface area contributed by atoms with E-state index in [-0.39, 0.29) is 0 Å². The molecule has 2 aromatic carbocycles. The largest absolute Gasteiger partial charge is 0.308 e. The van der Waals surface area contributed by atoms with Crippen LogP contribution in [0, 0.1) is 6.92 Å². The molecule has 0 radical (unpaired) electrons. The van der Waals surface area contributed by atoms with Crippen molar-refractivity contribution < 1.29 is 0 Å². The third-order valence-corrected chi connectivity index (χ3v) is 4.52. The number of benzene rings is 2. The van der Waals surface area contributed by atoms with Crippen LogP contribution in [0.15, 0.2) is 54.6 Å². The van der Waals surface area contributed by atoms with Crippen molar-refractivity contribution in [2.75, 3.05) is 19.6 Å². The smallest absolute Gasteiger partial charge is 0.0449 e. The molecule has 2 heteroatoms. The lowest BCUT2D eigenvalue weighted by molar-refractivity contribution is 0.153. The van der Waals surface area contributed by atoms with Crippen LogP contribution in [0.25, 0.3) is 0 Å². The third kappa shape index (κ3) is 3.34. The van der Waals surface area contributed by atoms with Crippen LogP contribution < -0.4 is 5.32 Å². The number of hydrogen-bond donors (Lipinski definition) is 1. The lowest BCUT2D eigenvalue weighted by atomic mass is 10.0. The Morgan fingerprint density at radius 2 is 1.76 bits per heavy atom. The predicted molar refractivity (Wildman–Crippen MR) is 88.4 cm³/mol. The summed E-state index contributed by atoms with van der Waals surface area (Å²) in [4.78, 5) is 2.58. The van der Waals surface area contributed by atoms with Gasteiger partial charge >= 0.3 is 0 Å². The molecule has 1 N–H and O–H groups in total. The highest BCUT2D eigenvalue weighted by Gasteiger charge is 2.24. The van der Waals surface area contributed by atoms with Gasteiger partial charge in [0, 0.05) is 31.7 Å². The maximum atomic E-state index is 3.64. The lowest BCUT2D eigenvalue weighted by Crippen LogP contribution is -2.46. The second-order valence-corrected chi connectivity index (χ2v) is 6.00. The first-order valence-corrected chi connectivity index (χ1v) is 7.83. The van der Waals surface area contributed by atoms with E-state index in [1.165, 1.54) is 16.7 Å². The normalized spacial score (nSPS) is 21.1. The molecular weight excluding hydrogens is 256 g/mol. The molecule has 1 heterocycles. The van der Waals surface area contributed by atoms with Gasteiger partial charge in [-0.2, -0.15) is 0 Å². The first-order chi connectivity index (χ1) is 10.2. The molecule has 1 saturated heterocycles. The second kappa shape index (κ2) is 6.42. The van der Waals surface area contributed by atoms with Crippen LogP contribution in [-0.4, -0.2) is 24.5 Å². The van der Waals surface area contributed by atoms with E-state index in [1.54, 1.807) is 0 Å². The van der Waals surface area contributed by atoms with E-state index in [1.807, 2.05) is 0 Å². The fourth-order valence-corrected chi connectivity index (χ4v) is 3.09. The van der Waals surface area contributed by atoms with E-state index < -0.39 is 0 Å². The zero-order chi connectivity index (χ0) is 14.7. The van der Waals surface area contributed by atoms with Crippen LogP contribution in [0.5, 0.6) is 0 Å². The molecule has 0 aromatic heterocycles. The molecule has 110 valence electrons. The molecule has 0 bridgehead atoms. The molecule has 2 aromatic rings. The highest BCUT2D eigenvalue weighted by atomic mass is 15.2. The zero-order valence-corrected chi connectivity index (χ0v) is 12.9. The van der Waals surface area contributed by atoms with Crippen molar-refractivity contribution in [1.29, 1.82) is 0 Å². The van der Waals surface area contributed by atoms with Crippen molar-refractivity contribution in [2.45, 2.75) is 25.9 Å². The van der Waals surface area contributed by atoms with Crippen LogP contribution in [0.1, 0.15) is 35.7 Å². The summed E-state index contributed by atoms with van der Waals surface area (Å²) >= 11 is 0. The van der Waals surface area contributed by atoms with Crippen molar-refractivity contribution in [1.82, 2.24) is 10.2 Å². The topological polar surface area (TPSA) is 15.3 Å². The van der Waals surface area contributed by atoms with E-state index in [0.29, 0.717) is 12.1 Å². The second-order valence-electron chi connectivity index (χ2n) is 6.00. The number of hydrogen-bond acceptors (Lipinski definition) is 2. The molecule has 1 aliphatic heterocycles. The van der Waals surface area contributed by atoms with Gasteiger partial charge in [0.1, 0.15) is 0 Å². The van der Waals surface area contributed by atoms with Crippen molar-refractivity contribution in [3.63, 3.8) is 0 Å². The van der Waals surface area contributed by atoms with Gasteiger partial charge in [-0.25, -0.2) is 0 Å². The van der Waals surface area contributed by atoms with Gasteiger partial charge in [0.2, 0.25) is 0 Å². The maximum absolute atomic E-state index is 3.64. The van der Waals surface area contributed by atoms with E-state index in [9.17, 15) is 0 Å². The summed E-state index contributed by atoms with van der Waals surface area (Å²) in [6.07, 6.45) is 0. The Bertz CT molecular complexity index is 562.